The molecule has 4 atom stereocenters. The summed E-state index contributed by atoms with van der Waals surface area (Å²) in [5.41, 5.74) is 0. The number of aliphatic carboxylic acids is 2. The summed E-state index contributed by atoms with van der Waals surface area (Å²) in [7, 11) is 0. The molecule has 0 aromatic heterocycles. The number of amides is 3. The Morgan fingerprint density at radius 1 is 1.03 bits per heavy atom. The first kappa shape index (κ1) is 27.0. The summed E-state index contributed by atoms with van der Waals surface area (Å²) in [6.07, 6.45) is 3.03. The molecule has 1 saturated heterocycles. The molecule has 1 rings (SSSR count). The number of nitrogens with one attached hydrogen (secondary N) is 4. The topological polar surface area (TPSA) is 174 Å². The van der Waals surface area contributed by atoms with Gasteiger partial charge >= 0.3 is 11.9 Å². The van der Waals surface area contributed by atoms with Crippen LogP contribution in [0.5, 0.6) is 0 Å². The van der Waals surface area contributed by atoms with Gasteiger partial charge in [0.2, 0.25) is 17.7 Å². The lowest BCUT2D eigenvalue weighted by atomic mass is 10.1. The van der Waals surface area contributed by atoms with Gasteiger partial charge in [-0.3, -0.25) is 19.2 Å². The van der Waals surface area contributed by atoms with Crippen molar-refractivity contribution in [1.82, 2.24) is 21.3 Å². The van der Waals surface area contributed by atoms with Gasteiger partial charge in [-0.2, -0.15) is 24.4 Å². The van der Waals surface area contributed by atoms with Gasteiger partial charge in [-0.1, -0.05) is 0 Å². The van der Waals surface area contributed by atoms with Gasteiger partial charge in [-0.25, -0.2) is 4.79 Å². The highest BCUT2D eigenvalue weighted by molar-refractivity contribution is 7.98. The molecule has 0 bridgehead atoms. The van der Waals surface area contributed by atoms with Crippen LogP contribution < -0.4 is 21.3 Å². The summed E-state index contributed by atoms with van der Waals surface area (Å²) in [5.74, 6) is -3.86. The average Bonchev–Trinajstić information content (AvgIpc) is 3.26. The second-order valence-electron chi connectivity index (χ2n) is 7.07. The molecule has 13 heteroatoms. The minimum Gasteiger partial charge on any atom is -0.481 e. The Hall–Kier alpha value is -1.99. The van der Waals surface area contributed by atoms with Gasteiger partial charge in [0, 0.05) is 12.2 Å². The molecule has 6 N–H and O–H groups in total. The van der Waals surface area contributed by atoms with E-state index in [1.54, 1.807) is 0 Å². The Labute approximate surface area is 190 Å². The Balaban J connectivity index is 2.87. The highest BCUT2D eigenvalue weighted by atomic mass is 32.2. The predicted molar refractivity (Wildman–Crippen MR) is 118 cm³/mol. The minimum atomic E-state index is -1.30. The lowest BCUT2D eigenvalue weighted by Crippen LogP contribution is -2.57. The van der Waals surface area contributed by atoms with Gasteiger partial charge in [0.1, 0.15) is 18.1 Å². The predicted octanol–water partition coefficient (Wildman–Crippen LogP) is -1.17. The first-order valence-electron chi connectivity index (χ1n) is 9.88. The number of thioether (sulfide) groups is 1. The fourth-order valence-corrected chi connectivity index (χ4v) is 3.67. The monoisotopic (exact) mass is 478 g/mol. The van der Waals surface area contributed by atoms with E-state index in [0.717, 1.165) is 6.42 Å². The number of carbonyl (C=O) groups is 5. The van der Waals surface area contributed by atoms with Gasteiger partial charge in [-0.05, 0) is 44.2 Å². The fraction of sp³-hybridized carbons (Fsp3) is 0.722. The van der Waals surface area contributed by atoms with Crippen LogP contribution in [0.4, 0.5) is 0 Å². The summed E-state index contributed by atoms with van der Waals surface area (Å²) in [6.45, 7) is 0.715. The maximum atomic E-state index is 12.8. The van der Waals surface area contributed by atoms with Gasteiger partial charge in [0.05, 0.1) is 6.04 Å². The van der Waals surface area contributed by atoms with Crippen LogP contribution in [-0.2, 0) is 24.0 Å². The quantitative estimate of drug-likeness (QED) is 0.152. The molecule has 3 amide bonds. The summed E-state index contributed by atoms with van der Waals surface area (Å²) in [6, 6.07) is -3.87. The van der Waals surface area contributed by atoms with Crippen LogP contribution in [0.25, 0.3) is 0 Å². The van der Waals surface area contributed by atoms with Crippen LogP contribution in [0.15, 0.2) is 0 Å². The summed E-state index contributed by atoms with van der Waals surface area (Å²) < 4.78 is 0. The zero-order chi connectivity index (χ0) is 23.4. The number of carboxylic acid groups (broad SMARTS) is 2. The second kappa shape index (κ2) is 14.1. The maximum Gasteiger partial charge on any atom is 0.327 e. The first-order valence-corrected chi connectivity index (χ1v) is 11.9. The van der Waals surface area contributed by atoms with Gasteiger partial charge in [0.25, 0.3) is 0 Å². The first-order chi connectivity index (χ1) is 14.7. The highest BCUT2D eigenvalue weighted by Gasteiger charge is 2.31. The summed E-state index contributed by atoms with van der Waals surface area (Å²) >= 11 is 5.35. The molecule has 0 aromatic rings. The Bertz CT molecular complexity index is 659. The largest absolute Gasteiger partial charge is 0.481 e. The van der Waals surface area contributed by atoms with Crippen LogP contribution in [0, 0.1) is 0 Å². The molecule has 1 heterocycles. The van der Waals surface area contributed by atoms with Crippen molar-refractivity contribution < 1.29 is 34.2 Å². The molecule has 4 unspecified atom stereocenters. The molecule has 11 nitrogen and oxygen atoms in total. The minimum absolute atomic E-state index is 0.179. The molecule has 1 fully saturated rings. The Morgan fingerprint density at radius 3 is 2.13 bits per heavy atom. The third-order valence-electron chi connectivity index (χ3n) is 4.70. The zero-order valence-corrected chi connectivity index (χ0v) is 19.0. The molecule has 1 aliphatic heterocycles. The number of hydrogen-bond donors (Lipinski definition) is 7. The zero-order valence-electron chi connectivity index (χ0n) is 17.3. The number of carbonyl (C=O) groups excluding carboxylic acids is 3. The highest BCUT2D eigenvalue weighted by Crippen LogP contribution is 2.08. The van der Waals surface area contributed by atoms with E-state index in [-0.39, 0.29) is 24.1 Å². The smallest absolute Gasteiger partial charge is 0.327 e. The van der Waals surface area contributed by atoms with E-state index >= 15 is 0 Å². The van der Waals surface area contributed by atoms with Crippen LogP contribution in [0.3, 0.4) is 0 Å². The van der Waals surface area contributed by atoms with E-state index in [4.69, 9.17) is 10.2 Å². The summed E-state index contributed by atoms with van der Waals surface area (Å²) in [5, 5.41) is 28.5. The van der Waals surface area contributed by atoms with E-state index in [1.807, 2.05) is 6.26 Å². The molecule has 0 saturated carbocycles. The molecule has 0 radical (unpaired) electrons. The molecule has 0 aromatic carbocycles. The van der Waals surface area contributed by atoms with Crippen molar-refractivity contribution in [3.05, 3.63) is 0 Å². The fourth-order valence-electron chi connectivity index (χ4n) is 2.95. The van der Waals surface area contributed by atoms with E-state index in [2.05, 4.69) is 33.9 Å². The van der Waals surface area contributed by atoms with Crippen LogP contribution in [0.2, 0.25) is 0 Å². The molecule has 31 heavy (non-hydrogen) atoms. The molecular weight excluding hydrogens is 448 g/mol. The Morgan fingerprint density at radius 2 is 1.65 bits per heavy atom. The van der Waals surface area contributed by atoms with Crippen LogP contribution in [-0.4, -0.2) is 88.3 Å². The van der Waals surface area contributed by atoms with Crippen molar-refractivity contribution in [2.45, 2.75) is 56.3 Å². The van der Waals surface area contributed by atoms with Crippen molar-refractivity contribution in [1.29, 1.82) is 0 Å². The molecular formula is C18H30N4O7S2. The molecule has 0 aliphatic carbocycles. The van der Waals surface area contributed by atoms with E-state index < -0.39 is 48.3 Å². The van der Waals surface area contributed by atoms with Gasteiger partial charge in [-0.15, -0.1) is 0 Å². The number of hydrogen-bond acceptors (Lipinski definition) is 8. The normalized spacial score (nSPS) is 18.5. The summed E-state index contributed by atoms with van der Waals surface area (Å²) in [4.78, 5) is 59.9. The van der Waals surface area contributed by atoms with Gasteiger partial charge in [0.15, 0.2) is 0 Å². The van der Waals surface area contributed by atoms with E-state index in [0.29, 0.717) is 25.1 Å². The number of rotatable bonds is 14. The second-order valence-corrected chi connectivity index (χ2v) is 8.42. The lowest BCUT2D eigenvalue weighted by molar-refractivity contribution is -0.142. The van der Waals surface area contributed by atoms with Crippen molar-refractivity contribution in [3.8, 4) is 0 Å². The molecule has 0 spiro atoms. The molecule has 176 valence electrons. The number of thiol groups is 1. The SMILES string of the molecule is CSCCC(NC(=O)C1CCCN1)C(=O)NC(CCC(=O)O)C(=O)NC(CS)C(=O)O. The van der Waals surface area contributed by atoms with Crippen LogP contribution in [0.1, 0.15) is 32.1 Å². The van der Waals surface area contributed by atoms with Crippen molar-refractivity contribution in [2.75, 3.05) is 24.3 Å². The van der Waals surface area contributed by atoms with E-state index in [1.165, 1.54) is 11.8 Å². The van der Waals surface area contributed by atoms with Gasteiger partial charge < -0.3 is 31.5 Å². The number of carboxylic acids is 2. The lowest BCUT2D eigenvalue weighted by Gasteiger charge is -2.24. The third kappa shape index (κ3) is 9.78. The maximum absolute atomic E-state index is 12.8. The van der Waals surface area contributed by atoms with Crippen molar-refractivity contribution >= 4 is 54.1 Å². The van der Waals surface area contributed by atoms with Crippen molar-refractivity contribution in [2.24, 2.45) is 0 Å². The molecule has 1 aliphatic rings. The van der Waals surface area contributed by atoms with Crippen LogP contribution >= 0.6 is 24.4 Å². The standard InChI is InChI=1S/C18H30N4O7S2/c1-31-8-6-12(21-15(25)10-3-2-7-19-10)17(27)20-11(4-5-14(23)24)16(26)22-13(9-30)18(28)29/h10-13,19,30H,2-9H2,1H3,(H,20,27)(H,21,25)(H,22,26)(H,23,24)(H,28,29). The third-order valence-corrected chi connectivity index (χ3v) is 5.71. The average molecular weight is 479 g/mol. The van der Waals surface area contributed by atoms with E-state index in [9.17, 15) is 24.0 Å². The van der Waals surface area contributed by atoms with Crippen molar-refractivity contribution in [3.63, 3.8) is 0 Å². The Kier molecular flexibility index (Phi) is 12.3.